The number of carbonyl (C=O) groups is 2. The minimum absolute atomic E-state index is 0.0429. The molecule has 0 radical (unpaired) electrons. The number of benzene rings is 1. The summed E-state index contributed by atoms with van der Waals surface area (Å²) in [6.45, 7) is 7.16. The van der Waals surface area contributed by atoms with Gasteiger partial charge in [-0.25, -0.2) is 0 Å². The Labute approximate surface area is 150 Å². The van der Waals surface area contributed by atoms with Crippen LogP contribution in [0.2, 0.25) is 0 Å². The van der Waals surface area contributed by atoms with Crippen LogP contribution in [0.25, 0.3) is 0 Å². The van der Waals surface area contributed by atoms with Gasteiger partial charge in [-0.05, 0) is 42.9 Å². The highest BCUT2D eigenvalue weighted by atomic mass is 16.4. The molecule has 0 saturated heterocycles. The maximum atomic E-state index is 12.2. The number of carboxylic acids is 1. The lowest BCUT2D eigenvalue weighted by Crippen LogP contribution is -2.55. The number of amides is 1. The van der Waals surface area contributed by atoms with E-state index >= 15 is 0 Å². The summed E-state index contributed by atoms with van der Waals surface area (Å²) in [5.74, 6) is -0.124. The molecular formula is C20H30N2O3. The molecule has 0 spiro atoms. The summed E-state index contributed by atoms with van der Waals surface area (Å²) in [5.41, 5.74) is 2.33. The lowest BCUT2D eigenvalue weighted by Gasteiger charge is -2.42. The van der Waals surface area contributed by atoms with Crippen LogP contribution in [0, 0.1) is 5.92 Å². The first-order chi connectivity index (χ1) is 11.9. The van der Waals surface area contributed by atoms with Gasteiger partial charge < -0.3 is 10.4 Å². The maximum absolute atomic E-state index is 12.2. The fourth-order valence-corrected chi connectivity index (χ4v) is 3.41. The molecule has 1 aliphatic rings. The summed E-state index contributed by atoms with van der Waals surface area (Å²) in [4.78, 5) is 25.0. The molecule has 0 atom stereocenters. The molecule has 1 amide bonds. The van der Waals surface area contributed by atoms with Gasteiger partial charge in [-0.1, -0.05) is 45.0 Å². The van der Waals surface area contributed by atoms with Gasteiger partial charge in [-0.2, -0.15) is 0 Å². The first-order valence-electron chi connectivity index (χ1n) is 9.20. The van der Waals surface area contributed by atoms with Gasteiger partial charge in [-0.15, -0.1) is 0 Å². The van der Waals surface area contributed by atoms with Crippen molar-refractivity contribution in [1.29, 1.82) is 0 Å². The van der Waals surface area contributed by atoms with Crippen molar-refractivity contribution in [3.8, 4) is 0 Å². The zero-order valence-electron chi connectivity index (χ0n) is 15.5. The molecule has 1 aromatic carbocycles. The van der Waals surface area contributed by atoms with Crippen LogP contribution < -0.4 is 5.32 Å². The topological polar surface area (TPSA) is 69.6 Å². The van der Waals surface area contributed by atoms with Crippen LogP contribution in [-0.4, -0.2) is 47.1 Å². The second kappa shape index (κ2) is 8.99. The highest BCUT2D eigenvalue weighted by molar-refractivity contribution is 5.79. The molecule has 138 valence electrons. The monoisotopic (exact) mass is 346 g/mol. The highest BCUT2D eigenvalue weighted by Crippen LogP contribution is 2.25. The zero-order chi connectivity index (χ0) is 18.4. The van der Waals surface area contributed by atoms with Crippen LogP contribution in [0.4, 0.5) is 0 Å². The minimum atomic E-state index is -0.796. The van der Waals surface area contributed by atoms with E-state index in [1.807, 2.05) is 24.0 Å². The number of aliphatic carboxylic acids is 1. The lowest BCUT2D eigenvalue weighted by molar-refractivity contribution is -0.139. The Kier molecular flexibility index (Phi) is 7.00. The largest absolute Gasteiger partial charge is 0.480 e. The number of nitrogens with zero attached hydrogens (tertiary/aromatic N) is 1. The first-order valence-corrected chi connectivity index (χ1v) is 9.20. The van der Waals surface area contributed by atoms with E-state index in [2.05, 4.69) is 31.3 Å². The summed E-state index contributed by atoms with van der Waals surface area (Å²) in [6, 6.07) is 8.71. The molecule has 25 heavy (non-hydrogen) atoms. The Bertz CT molecular complexity index is 577. The predicted molar refractivity (Wildman–Crippen MR) is 98.5 cm³/mol. The number of carbonyl (C=O) groups excluding carboxylic acids is 1. The average Bonchev–Trinajstić information content (AvgIpc) is 2.49. The van der Waals surface area contributed by atoms with Gasteiger partial charge in [0.05, 0.1) is 13.0 Å². The van der Waals surface area contributed by atoms with Crippen LogP contribution in [0.3, 0.4) is 0 Å². The van der Waals surface area contributed by atoms with Crippen molar-refractivity contribution < 1.29 is 14.7 Å². The third-order valence-electron chi connectivity index (χ3n) is 4.77. The quantitative estimate of drug-likeness (QED) is 0.721. The number of likely N-dealkylation sites (N-methyl/N-ethyl adjacent to an activating group) is 1. The number of hydrogen-bond acceptors (Lipinski definition) is 3. The maximum Gasteiger partial charge on any atom is 0.317 e. The number of carboxylic acid groups (broad SMARTS) is 1. The van der Waals surface area contributed by atoms with Crippen molar-refractivity contribution in [3.05, 3.63) is 35.4 Å². The first kappa shape index (κ1) is 19.4. The van der Waals surface area contributed by atoms with Gasteiger partial charge >= 0.3 is 5.97 Å². The molecule has 1 fully saturated rings. The van der Waals surface area contributed by atoms with Gasteiger partial charge in [0.25, 0.3) is 0 Å². The molecule has 0 unspecified atom stereocenters. The van der Waals surface area contributed by atoms with Crippen LogP contribution in [0.15, 0.2) is 24.3 Å². The molecule has 0 aliphatic heterocycles. The van der Waals surface area contributed by atoms with E-state index in [-0.39, 0.29) is 24.5 Å². The van der Waals surface area contributed by atoms with Gasteiger partial charge in [0.1, 0.15) is 0 Å². The summed E-state index contributed by atoms with van der Waals surface area (Å²) < 4.78 is 0. The van der Waals surface area contributed by atoms with Crippen molar-refractivity contribution >= 4 is 11.9 Å². The number of nitrogens with one attached hydrogen (secondary N) is 1. The fourth-order valence-electron chi connectivity index (χ4n) is 3.41. The SMILES string of the molecule is CCN(CC(=O)O)C1CC(NC(=O)Cc2ccc(CC(C)C)cc2)C1. The average molecular weight is 346 g/mol. The standard InChI is InChI=1S/C20H30N2O3/c1-4-22(13-20(24)25)18-11-17(12-18)21-19(23)10-16-7-5-15(6-8-16)9-14(2)3/h5-8,14,17-18H,4,9-13H2,1-3H3,(H,21,23)(H,24,25). The van der Waals surface area contributed by atoms with E-state index in [0.717, 1.165) is 31.4 Å². The normalized spacial score (nSPS) is 19.7. The van der Waals surface area contributed by atoms with Crippen LogP contribution in [0.5, 0.6) is 0 Å². The molecule has 1 saturated carbocycles. The second-order valence-electron chi connectivity index (χ2n) is 7.44. The molecule has 0 aromatic heterocycles. The van der Waals surface area contributed by atoms with Crippen molar-refractivity contribution in [3.63, 3.8) is 0 Å². The van der Waals surface area contributed by atoms with E-state index in [1.165, 1.54) is 5.56 Å². The lowest BCUT2D eigenvalue weighted by atomic mass is 9.85. The Morgan fingerprint density at radius 1 is 1.20 bits per heavy atom. The molecule has 2 rings (SSSR count). The zero-order valence-corrected chi connectivity index (χ0v) is 15.5. The van der Waals surface area contributed by atoms with Crippen LogP contribution >= 0.6 is 0 Å². The van der Waals surface area contributed by atoms with Crippen molar-refractivity contribution in [2.75, 3.05) is 13.1 Å². The Balaban J connectivity index is 1.74. The smallest absolute Gasteiger partial charge is 0.317 e. The van der Waals surface area contributed by atoms with E-state index < -0.39 is 5.97 Å². The van der Waals surface area contributed by atoms with E-state index in [4.69, 9.17) is 5.11 Å². The predicted octanol–water partition coefficient (Wildman–Crippen LogP) is 2.48. The minimum Gasteiger partial charge on any atom is -0.480 e. The van der Waals surface area contributed by atoms with E-state index in [9.17, 15) is 9.59 Å². The second-order valence-corrected chi connectivity index (χ2v) is 7.44. The summed E-state index contributed by atoms with van der Waals surface area (Å²) in [6.07, 6.45) is 3.12. The van der Waals surface area contributed by atoms with Gasteiger partial charge in [0, 0.05) is 12.1 Å². The molecule has 1 aromatic rings. The summed E-state index contributed by atoms with van der Waals surface area (Å²) in [5, 5.41) is 12.0. The molecule has 1 aliphatic carbocycles. The third kappa shape index (κ3) is 6.16. The van der Waals surface area contributed by atoms with E-state index in [1.54, 1.807) is 0 Å². The molecule has 5 heteroatoms. The van der Waals surface area contributed by atoms with Crippen molar-refractivity contribution in [1.82, 2.24) is 10.2 Å². The molecule has 5 nitrogen and oxygen atoms in total. The van der Waals surface area contributed by atoms with Crippen LogP contribution in [0.1, 0.15) is 44.7 Å². The van der Waals surface area contributed by atoms with Crippen molar-refractivity contribution in [2.24, 2.45) is 5.92 Å². The fraction of sp³-hybridized carbons (Fsp3) is 0.600. The van der Waals surface area contributed by atoms with Gasteiger partial charge in [0.15, 0.2) is 0 Å². The van der Waals surface area contributed by atoms with Crippen LogP contribution in [-0.2, 0) is 22.4 Å². The molecule has 2 N–H and O–H groups in total. The summed E-state index contributed by atoms with van der Waals surface area (Å²) >= 11 is 0. The third-order valence-corrected chi connectivity index (χ3v) is 4.77. The number of hydrogen-bond donors (Lipinski definition) is 2. The van der Waals surface area contributed by atoms with Gasteiger partial charge in [0.2, 0.25) is 5.91 Å². The molecule has 0 heterocycles. The number of rotatable bonds is 9. The van der Waals surface area contributed by atoms with Gasteiger partial charge in [-0.3, -0.25) is 14.5 Å². The Morgan fingerprint density at radius 3 is 2.32 bits per heavy atom. The highest BCUT2D eigenvalue weighted by Gasteiger charge is 2.34. The summed E-state index contributed by atoms with van der Waals surface area (Å²) in [7, 11) is 0. The molecule has 0 bridgehead atoms. The Morgan fingerprint density at radius 2 is 1.80 bits per heavy atom. The van der Waals surface area contributed by atoms with E-state index in [0.29, 0.717) is 12.3 Å². The molecular weight excluding hydrogens is 316 g/mol. The Hall–Kier alpha value is -1.88. The van der Waals surface area contributed by atoms with Crippen molar-refractivity contribution in [2.45, 2.75) is 58.5 Å².